The van der Waals surface area contributed by atoms with Gasteiger partial charge in [-0.3, -0.25) is 4.90 Å². The lowest BCUT2D eigenvalue weighted by Crippen LogP contribution is -2.55. The molecule has 1 saturated heterocycles. The van der Waals surface area contributed by atoms with Gasteiger partial charge in [0.15, 0.2) is 6.23 Å². The average Bonchev–Trinajstić information content (AvgIpc) is 2.52. The maximum Gasteiger partial charge on any atom is 0.158 e. The van der Waals surface area contributed by atoms with E-state index in [2.05, 4.69) is 55.1 Å². The van der Waals surface area contributed by atoms with Crippen molar-refractivity contribution in [1.82, 2.24) is 4.90 Å². The molecular weight excluding hydrogens is 274 g/mol. The zero-order valence-corrected chi connectivity index (χ0v) is 13.3. The van der Waals surface area contributed by atoms with Gasteiger partial charge in [0, 0.05) is 18.5 Å². The fourth-order valence-electron chi connectivity index (χ4n) is 3.75. The highest BCUT2D eigenvalue weighted by Crippen LogP contribution is 2.41. The third-order valence-corrected chi connectivity index (χ3v) is 4.86. The normalized spacial score (nSPS) is 24.7. The van der Waals surface area contributed by atoms with Crippen LogP contribution in [-0.2, 0) is 11.2 Å². The summed E-state index contributed by atoms with van der Waals surface area (Å²) in [6, 6.07) is 13.0. The van der Waals surface area contributed by atoms with Crippen LogP contribution in [0.25, 0.3) is 10.8 Å². The van der Waals surface area contributed by atoms with Crippen LogP contribution < -0.4 is 4.74 Å². The van der Waals surface area contributed by atoms with E-state index < -0.39 is 0 Å². The Balaban J connectivity index is 1.72. The van der Waals surface area contributed by atoms with Gasteiger partial charge >= 0.3 is 0 Å². The van der Waals surface area contributed by atoms with E-state index in [1.54, 1.807) is 0 Å². The molecule has 3 nitrogen and oxygen atoms in total. The molecule has 116 valence electrons. The van der Waals surface area contributed by atoms with Crippen LogP contribution in [0.3, 0.4) is 0 Å². The highest BCUT2D eigenvalue weighted by atomic mass is 16.5. The molecule has 1 atom stereocenters. The summed E-state index contributed by atoms with van der Waals surface area (Å²) in [6.45, 7) is 8.14. The van der Waals surface area contributed by atoms with E-state index >= 15 is 0 Å². The van der Waals surface area contributed by atoms with E-state index in [4.69, 9.17) is 9.47 Å². The second-order valence-corrected chi connectivity index (χ2v) is 7.09. The summed E-state index contributed by atoms with van der Waals surface area (Å²) in [5.74, 6) is 1.05. The van der Waals surface area contributed by atoms with Gasteiger partial charge in [0.1, 0.15) is 5.75 Å². The molecule has 2 aromatic rings. The Hall–Kier alpha value is -1.58. The third-order valence-electron chi connectivity index (χ3n) is 4.86. The first-order chi connectivity index (χ1) is 10.6. The number of morpholine rings is 1. The summed E-state index contributed by atoms with van der Waals surface area (Å²) < 4.78 is 12.0. The molecule has 22 heavy (non-hydrogen) atoms. The second-order valence-electron chi connectivity index (χ2n) is 7.09. The SMILES string of the molecule is CC1(C)Cc2cc3ccccc3cc2OC1N1CCOCC1. The van der Waals surface area contributed by atoms with Crippen LogP contribution in [0.2, 0.25) is 0 Å². The lowest BCUT2D eigenvalue weighted by atomic mass is 9.80. The average molecular weight is 297 g/mol. The lowest BCUT2D eigenvalue weighted by molar-refractivity contribution is -0.106. The number of benzene rings is 2. The van der Waals surface area contributed by atoms with Crippen molar-refractivity contribution in [3.05, 3.63) is 42.0 Å². The summed E-state index contributed by atoms with van der Waals surface area (Å²) >= 11 is 0. The Kier molecular flexibility index (Phi) is 3.35. The molecule has 0 radical (unpaired) electrons. The maximum atomic E-state index is 6.47. The standard InChI is InChI=1S/C19H23NO2/c1-19(2)13-16-11-14-5-3-4-6-15(14)12-17(16)22-18(19)20-7-9-21-10-8-20/h3-6,11-12,18H,7-10,13H2,1-2H3. The Labute approximate surface area is 131 Å². The molecule has 1 unspecified atom stereocenters. The largest absolute Gasteiger partial charge is 0.474 e. The van der Waals surface area contributed by atoms with E-state index in [9.17, 15) is 0 Å². The number of nitrogens with zero attached hydrogens (tertiary/aromatic N) is 1. The molecule has 4 rings (SSSR count). The summed E-state index contributed by atoms with van der Waals surface area (Å²) in [5, 5.41) is 2.55. The smallest absolute Gasteiger partial charge is 0.158 e. The van der Waals surface area contributed by atoms with Crippen LogP contribution in [0.5, 0.6) is 5.75 Å². The van der Waals surface area contributed by atoms with Crippen LogP contribution in [-0.4, -0.2) is 37.4 Å². The molecular formula is C19H23NO2. The molecule has 2 aliphatic heterocycles. The lowest BCUT2D eigenvalue weighted by Gasteiger charge is -2.46. The van der Waals surface area contributed by atoms with Gasteiger partial charge in [-0.1, -0.05) is 38.1 Å². The van der Waals surface area contributed by atoms with Crippen molar-refractivity contribution in [3.63, 3.8) is 0 Å². The monoisotopic (exact) mass is 297 g/mol. The van der Waals surface area contributed by atoms with Crippen molar-refractivity contribution < 1.29 is 9.47 Å². The Bertz CT molecular complexity index is 689. The molecule has 2 heterocycles. The quantitative estimate of drug-likeness (QED) is 0.804. The minimum absolute atomic E-state index is 0.104. The maximum absolute atomic E-state index is 6.47. The number of hydrogen-bond acceptors (Lipinski definition) is 3. The molecule has 2 aliphatic rings. The van der Waals surface area contributed by atoms with E-state index in [1.807, 2.05) is 0 Å². The van der Waals surface area contributed by atoms with Crippen LogP contribution in [0, 0.1) is 5.41 Å². The van der Waals surface area contributed by atoms with E-state index in [0.29, 0.717) is 0 Å². The van der Waals surface area contributed by atoms with Crippen molar-refractivity contribution in [2.75, 3.05) is 26.3 Å². The van der Waals surface area contributed by atoms with Crippen molar-refractivity contribution in [3.8, 4) is 5.75 Å². The molecule has 0 amide bonds. The first kappa shape index (κ1) is 14.0. The Morgan fingerprint density at radius 2 is 1.73 bits per heavy atom. The first-order valence-corrected chi connectivity index (χ1v) is 8.14. The van der Waals surface area contributed by atoms with Gasteiger partial charge in [0.2, 0.25) is 0 Å². The highest BCUT2D eigenvalue weighted by molar-refractivity contribution is 5.85. The van der Waals surface area contributed by atoms with Gasteiger partial charge in [-0.25, -0.2) is 0 Å². The molecule has 0 aliphatic carbocycles. The predicted molar refractivity (Wildman–Crippen MR) is 88.2 cm³/mol. The molecule has 0 spiro atoms. The molecule has 0 bridgehead atoms. The zero-order valence-electron chi connectivity index (χ0n) is 13.3. The van der Waals surface area contributed by atoms with Gasteiger partial charge in [-0.15, -0.1) is 0 Å². The van der Waals surface area contributed by atoms with Crippen molar-refractivity contribution in [2.45, 2.75) is 26.5 Å². The Morgan fingerprint density at radius 1 is 1.05 bits per heavy atom. The molecule has 0 N–H and O–H groups in total. The second kappa shape index (κ2) is 5.25. The van der Waals surface area contributed by atoms with Gasteiger partial charge in [-0.05, 0) is 34.9 Å². The van der Waals surface area contributed by atoms with Gasteiger partial charge in [0.25, 0.3) is 0 Å². The minimum Gasteiger partial charge on any atom is -0.474 e. The highest BCUT2D eigenvalue weighted by Gasteiger charge is 2.41. The van der Waals surface area contributed by atoms with Crippen LogP contribution >= 0.6 is 0 Å². The molecule has 0 aromatic heterocycles. The molecule has 1 fully saturated rings. The van der Waals surface area contributed by atoms with Crippen molar-refractivity contribution in [1.29, 1.82) is 0 Å². The number of ether oxygens (including phenoxy) is 2. The van der Waals surface area contributed by atoms with Crippen LogP contribution in [0.1, 0.15) is 19.4 Å². The van der Waals surface area contributed by atoms with Crippen LogP contribution in [0.4, 0.5) is 0 Å². The van der Waals surface area contributed by atoms with Crippen LogP contribution in [0.15, 0.2) is 36.4 Å². The van der Waals surface area contributed by atoms with Gasteiger partial charge in [-0.2, -0.15) is 0 Å². The number of rotatable bonds is 1. The summed E-state index contributed by atoms with van der Waals surface area (Å²) in [4.78, 5) is 2.43. The molecule has 2 aromatic carbocycles. The zero-order chi connectivity index (χ0) is 15.2. The van der Waals surface area contributed by atoms with E-state index in [0.717, 1.165) is 38.5 Å². The topological polar surface area (TPSA) is 21.7 Å². The number of hydrogen-bond donors (Lipinski definition) is 0. The third kappa shape index (κ3) is 2.38. The van der Waals surface area contributed by atoms with Gasteiger partial charge < -0.3 is 9.47 Å². The van der Waals surface area contributed by atoms with Gasteiger partial charge in [0.05, 0.1) is 13.2 Å². The fraction of sp³-hybridized carbons (Fsp3) is 0.474. The van der Waals surface area contributed by atoms with E-state index in [-0.39, 0.29) is 11.6 Å². The summed E-state index contributed by atoms with van der Waals surface area (Å²) in [6.07, 6.45) is 1.18. The minimum atomic E-state index is 0.104. The van der Waals surface area contributed by atoms with Crippen molar-refractivity contribution >= 4 is 10.8 Å². The number of fused-ring (bicyclic) bond motifs is 2. The summed E-state index contributed by atoms with van der Waals surface area (Å²) in [7, 11) is 0. The predicted octanol–water partition coefficient (Wildman–Crippen LogP) is 3.46. The molecule has 3 heteroatoms. The summed E-state index contributed by atoms with van der Waals surface area (Å²) in [5.41, 5.74) is 1.43. The Morgan fingerprint density at radius 3 is 2.45 bits per heavy atom. The first-order valence-electron chi connectivity index (χ1n) is 8.14. The molecule has 0 saturated carbocycles. The fourth-order valence-corrected chi connectivity index (χ4v) is 3.75. The van der Waals surface area contributed by atoms with Crippen molar-refractivity contribution in [2.24, 2.45) is 5.41 Å². The van der Waals surface area contributed by atoms with E-state index in [1.165, 1.54) is 16.3 Å².